The smallest absolute Gasteiger partial charge is 0.257 e. The fourth-order valence-corrected chi connectivity index (χ4v) is 3.04. The zero-order valence-corrected chi connectivity index (χ0v) is 14.6. The van der Waals surface area contributed by atoms with Crippen molar-refractivity contribution in [2.24, 2.45) is 11.7 Å². The number of nitrogens with zero attached hydrogens (tertiary/aromatic N) is 3. The first kappa shape index (κ1) is 17.5. The van der Waals surface area contributed by atoms with E-state index in [1.165, 1.54) is 0 Å². The van der Waals surface area contributed by atoms with Gasteiger partial charge in [-0.25, -0.2) is 0 Å². The van der Waals surface area contributed by atoms with Crippen molar-refractivity contribution in [1.29, 1.82) is 0 Å². The van der Waals surface area contributed by atoms with Crippen LogP contribution in [-0.2, 0) is 10.3 Å². The van der Waals surface area contributed by atoms with Crippen LogP contribution in [0.25, 0.3) is 0 Å². The summed E-state index contributed by atoms with van der Waals surface area (Å²) in [7, 11) is 0. The van der Waals surface area contributed by atoms with Gasteiger partial charge in [0.05, 0.1) is 16.8 Å². The summed E-state index contributed by atoms with van der Waals surface area (Å²) in [5, 5.41) is 4.48. The van der Waals surface area contributed by atoms with Crippen molar-refractivity contribution in [3.8, 4) is 0 Å². The molecule has 6 heteroatoms. The van der Waals surface area contributed by atoms with E-state index in [-0.39, 0.29) is 17.4 Å². The summed E-state index contributed by atoms with van der Waals surface area (Å²) in [4.78, 5) is 25.8. The highest BCUT2D eigenvalue weighted by atomic mass is 16.2. The Balaban J connectivity index is 2.09. The van der Waals surface area contributed by atoms with Gasteiger partial charge in [-0.2, -0.15) is 5.10 Å². The average molecular weight is 320 g/mol. The number of carbonyl (C=O) groups excluding carboxylic acids is 2. The standard InChI is InChI=1S/C17H28N4O2/c1-12-14(11-21(19-12)17(2,3)4)16(23)20-8-5-6-13(7-9-20)10-15(18)22/h11,13H,5-10H2,1-4H3,(H2,18,22). The highest BCUT2D eigenvalue weighted by molar-refractivity contribution is 5.95. The molecule has 0 bridgehead atoms. The van der Waals surface area contributed by atoms with Gasteiger partial charge in [0, 0.05) is 25.7 Å². The summed E-state index contributed by atoms with van der Waals surface area (Å²) in [6.07, 6.45) is 4.97. The molecule has 23 heavy (non-hydrogen) atoms. The van der Waals surface area contributed by atoms with Crippen molar-refractivity contribution in [3.63, 3.8) is 0 Å². The first-order chi connectivity index (χ1) is 10.7. The Bertz CT molecular complexity index is 586. The molecule has 1 aromatic rings. The number of primary amides is 1. The Kier molecular flexibility index (Phi) is 5.12. The van der Waals surface area contributed by atoms with Crippen LogP contribution in [-0.4, -0.2) is 39.6 Å². The molecule has 1 aliphatic rings. The number of amides is 2. The van der Waals surface area contributed by atoms with Crippen LogP contribution in [0.5, 0.6) is 0 Å². The third-order valence-electron chi connectivity index (χ3n) is 4.44. The molecule has 2 heterocycles. The highest BCUT2D eigenvalue weighted by Gasteiger charge is 2.26. The molecule has 0 aromatic carbocycles. The lowest BCUT2D eigenvalue weighted by atomic mass is 9.97. The van der Waals surface area contributed by atoms with Crippen LogP contribution < -0.4 is 5.73 Å². The van der Waals surface area contributed by atoms with Crippen LogP contribution in [0.1, 0.15) is 62.5 Å². The van der Waals surface area contributed by atoms with Gasteiger partial charge in [0.2, 0.25) is 5.91 Å². The lowest BCUT2D eigenvalue weighted by molar-refractivity contribution is -0.119. The third-order valence-corrected chi connectivity index (χ3v) is 4.44. The van der Waals surface area contributed by atoms with E-state index < -0.39 is 0 Å². The molecule has 1 aromatic heterocycles. The van der Waals surface area contributed by atoms with Gasteiger partial charge < -0.3 is 10.6 Å². The van der Waals surface area contributed by atoms with Crippen LogP contribution in [0.3, 0.4) is 0 Å². The molecule has 0 saturated carbocycles. The summed E-state index contributed by atoms with van der Waals surface area (Å²) in [6.45, 7) is 9.48. The quantitative estimate of drug-likeness (QED) is 0.925. The van der Waals surface area contributed by atoms with E-state index in [1.807, 2.05) is 22.7 Å². The molecule has 1 aliphatic heterocycles. The Labute approximate surface area is 138 Å². The minimum absolute atomic E-state index is 0.0396. The topological polar surface area (TPSA) is 81.2 Å². The fourth-order valence-electron chi connectivity index (χ4n) is 3.04. The van der Waals surface area contributed by atoms with E-state index in [0.717, 1.165) is 31.5 Å². The summed E-state index contributed by atoms with van der Waals surface area (Å²) < 4.78 is 1.85. The van der Waals surface area contributed by atoms with Crippen molar-refractivity contribution in [2.75, 3.05) is 13.1 Å². The van der Waals surface area contributed by atoms with Crippen LogP contribution in [0.2, 0.25) is 0 Å². The van der Waals surface area contributed by atoms with E-state index in [9.17, 15) is 9.59 Å². The number of aromatic nitrogens is 2. The summed E-state index contributed by atoms with van der Waals surface area (Å²) in [5.74, 6) is 0.0819. The summed E-state index contributed by atoms with van der Waals surface area (Å²) in [6, 6.07) is 0. The van der Waals surface area contributed by atoms with Crippen LogP contribution in [0.4, 0.5) is 0 Å². The van der Waals surface area contributed by atoms with Gasteiger partial charge in [-0.3, -0.25) is 14.3 Å². The zero-order chi connectivity index (χ0) is 17.2. The molecular weight excluding hydrogens is 292 g/mol. The highest BCUT2D eigenvalue weighted by Crippen LogP contribution is 2.23. The number of aryl methyl sites for hydroxylation is 1. The van der Waals surface area contributed by atoms with Gasteiger partial charge in [0.15, 0.2) is 0 Å². The summed E-state index contributed by atoms with van der Waals surface area (Å²) in [5.41, 5.74) is 6.59. The minimum Gasteiger partial charge on any atom is -0.370 e. The Morgan fingerprint density at radius 2 is 2.00 bits per heavy atom. The molecular formula is C17H28N4O2. The van der Waals surface area contributed by atoms with Gasteiger partial charge in [0.25, 0.3) is 5.91 Å². The third kappa shape index (κ3) is 4.33. The lowest BCUT2D eigenvalue weighted by Gasteiger charge is -2.21. The van der Waals surface area contributed by atoms with E-state index in [2.05, 4.69) is 25.9 Å². The largest absolute Gasteiger partial charge is 0.370 e. The van der Waals surface area contributed by atoms with E-state index in [0.29, 0.717) is 24.4 Å². The van der Waals surface area contributed by atoms with Gasteiger partial charge in [0.1, 0.15) is 0 Å². The average Bonchev–Trinajstić information content (AvgIpc) is 2.68. The van der Waals surface area contributed by atoms with Gasteiger partial charge in [-0.05, 0) is 52.9 Å². The molecule has 128 valence electrons. The number of hydrogen-bond acceptors (Lipinski definition) is 3. The first-order valence-electron chi connectivity index (χ1n) is 8.33. The Morgan fingerprint density at radius 3 is 2.57 bits per heavy atom. The molecule has 2 amide bonds. The van der Waals surface area contributed by atoms with Crippen molar-refractivity contribution in [1.82, 2.24) is 14.7 Å². The lowest BCUT2D eigenvalue weighted by Crippen LogP contribution is -2.32. The monoisotopic (exact) mass is 320 g/mol. The Morgan fingerprint density at radius 1 is 1.30 bits per heavy atom. The second kappa shape index (κ2) is 6.72. The molecule has 6 nitrogen and oxygen atoms in total. The minimum atomic E-state index is -0.253. The second-order valence-corrected chi connectivity index (χ2v) is 7.50. The molecule has 0 spiro atoms. The van der Waals surface area contributed by atoms with Crippen LogP contribution in [0.15, 0.2) is 6.20 Å². The molecule has 1 fully saturated rings. The maximum atomic E-state index is 12.8. The van der Waals surface area contributed by atoms with Gasteiger partial charge in [-0.1, -0.05) is 0 Å². The second-order valence-electron chi connectivity index (χ2n) is 7.50. The number of likely N-dealkylation sites (tertiary alicyclic amines) is 1. The van der Waals surface area contributed by atoms with E-state index in [4.69, 9.17) is 5.73 Å². The normalized spacial score (nSPS) is 19.5. The SMILES string of the molecule is Cc1nn(C(C)(C)C)cc1C(=O)N1CCCC(CC(N)=O)CC1. The fraction of sp³-hybridized carbons (Fsp3) is 0.706. The first-order valence-corrected chi connectivity index (χ1v) is 8.33. The van der Waals surface area contributed by atoms with Gasteiger partial charge >= 0.3 is 0 Å². The number of hydrogen-bond donors (Lipinski definition) is 1. The van der Waals surface area contributed by atoms with E-state index >= 15 is 0 Å². The van der Waals surface area contributed by atoms with Crippen molar-refractivity contribution >= 4 is 11.8 Å². The maximum absolute atomic E-state index is 12.8. The number of nitrogens with two attached hydrogens (primary N) is 1. The van der Waals surface area contributed by atoms with Crippen molar-refractivity contribution in [2.45, 2.75) is 58.9 Å². The molecule has 2 rings (SSSR count). The zero-order valence-electron chi connectivity index (χ0n) is 14.6. The van der Waals surface area contributed by atoms with Crippen LogP contribution >= 0.6 is 0 Å². The molecule has 1 atom stereocenters. The summed E-state index contributed by atoms with van der Waals surface area (Å²) >= 11 is 0. The maximum Gasteiger partial charge on any atom is 0.257 e. The number of rotatable bonds is 3. The van der Waals surface area contributed by atoms with Crippen molar-refractivity contribution < 1.29 is 9.59 Å². The predicted molar refractivity (Wildman–Crippen MR) is 89.0 cm³/mol. The van der Waals surface area contributed by atoms with E-state index in [1.54, 1.807) is 0 Å². The molecule has 1 unspecified atom stereocenters. The molecule has 0 aliphatic carbocycles. The predicted octanol–water partition coefficient (Wildman–Crippen LogP) is 2.06. The number of carbonyl (C=O) groups is 2. The molecule has 0 radical (unpaired) electrons. The van der Waals surface area contributed by atoms with Crippen LogP contribution in [0, 0.1) is 12.8 Å². The molecule has 1 saturated heterocycles. The van der Waals surface area contributed by atoms with Crippen molar-refractivity contribution in [3.05, 3.63) is 17.5 Å². The van der Waals surface area contributed by atoms with Gasteiger partial charge in [-0.15, -0.1) is 0 Å². The Hall–Kier alpha value is -1.85. The molecule has 2 N–H and O–H groups in total.